The number of halogens is 1. The molecule has 1 heterocycles. The molecule has 1 aromatic heterocycles. The fraction of sp³-hybridized carbons (Fsp3) is 0. The molecule has 3 N–H and O–H groups in total. The van der Waals surface area contributed by atoms with Gasteiger partial charge in [-0.25, -0.2) is 9.97 Å². The zero-order valence-corrected chi connectivity index (χ0v) is 17.3. The van der Waals surface area contributed by atoms with Crippen LogP contribution in [-0.2, 0) is 0 Å². The predicted molar refractivity (Wildman–Crippen MR) is 122 cm³/mol. The van der Waals surface area contributed by atoms with E-state index in [0.29, 0.717) is 27.1 Å². The molecule has 5 nitrogen and oxygen atoms in total. The highest BCUT2D eigenvalue weighted by Crippen LogP contribution is 2.37. The summed E-state index contributed by atoms with van der Waals surface area (Å²) in [5.41, 5.74) is 8.00. The van der Waals surface area contributed by atoms with Gasteiger partial charge in [0.2, 0.25) is 0 Å². The Kier molecular flexibility index (Phi) is 5.97. The number of nitrogen functional groups attached to an aromatic ring is 1. The minimum Gasteiger partial charge on any atom is -0.382 e. The van der Waals surface area contributed by atoms with Crippen LogP contribution in [0.25, 0.3) is 11.4 Å². The second-order valence-electron chi connectivity index (χ2n) is 6.35. The molecular formula is C23H17ClN4OS. The standard InChI is InChI=1S/C23H17ClN4OS/c24-17-11-13-18(14-12-17)30-23-19(26-22(29)16-9-5-2-6-10-16)20(25)27-21(28-23)15-7-3-1-4-8-15/h1-14H,(H,26,29)(H2,25,27,28). The molecule has 4 rings (SSSR count). The van der Waals surface area contributed by atoms with Gasteiger partial charge in [-0.05, 0) is 36.4 Å². The third-order valence-electron chi connectivity index (χ3n) is 4.24. The highest BCUT2D eigenvalue weighted by Gasteiger charge is 2.18. The molecule has 0 aliphatic rings. The van der Waals surface area contributed by atoms with E-state index in [0.717, 1.165) is 10.5 Å². The van der Waals surface area contributed by atoms with Crippen LogP contribution < -0.4 is 11.1 Å². The van der Waals surface area contributed by atoms with Gasteiger partial charge in [0.05, 0.1) is 0 Å². The largest absolute Gasteiger partial charge is 0.382 e. The summed E-state index contributed by atoms with van der Waals surface area (Å²) in [5, 5.41) is 4.06. The molecule has 0 saturated heterocycles. The lowest BCUT2D eigenvalue weighted by molar-refractivity contribution is 0.102. The Balaban J connectivity index is 1.75. The first-order valence-corrected chi connectivity index (χ1v) is 10.3. The van der Waals surface area contributed by atoms with E-state index in [2.05, 4.69) is 10.3 Å². The van der Waals surface area contributed by atoms with Crippen LogP contribution in [0.3, 0.4) is 0 Å². The Morgan fingerprint density at radius 2 is 1.50 bits per heavy atom. The van der Waals surface area contributed by atoms with Crippen molar-refractivity contribution < 1.29 is 4.79 Å². The van der Waals surface area contributed by atoms with E-state index in [4.69, 9.17) is 22.3 Å². The molecule has 0 bridgehead atoms. The SMILES string of the molecule is Nc1nc(-c2ccccc2)nc(Sc2ccc(Cl)cc2)c1NC(=O)c1ccccc1. The van der Waals surface area contributed by atoms with Gasteiger partial charge < -0.3 is 11.1 Å². The summed E-state index contributed by atoms with van der Waals surface area (Å²) in [6.07, 6.45) is 0. The summed E-state index contributed by atoms with van der Waals surface area (Å²) < 4.78 is 0. The van der Waals surface area contributed by atoms with E-state index in [-0.39, 0.29) is 11.7 Å². The second-order valence-corrected chi connectivity index (χ2v) is 7.85. The quantitative estimate of drug-likeness (QED) is 0.390. The topological polar surface area (TPSA) is 80.9 Å². The zero-order chi connectivity index (χ0) is 20.9. The zero-order valence-electron chi connectivity index (χ0n) is 15.7. The van der Waals surface area contributed by atoms with E-state index < -0.39 is 0 Å². The van der Waals surface area contributed by atoms with Gasteiger partial charge in [0, 0.05) is 21.0 Å². The van der Waals surface area contributed by atoms with Crippen molar-refractivity contribution in [3.8, 4) is 11.4 Å². The number of aromatic nitrogens is 2. The van der Waals surface area contributed by atoms with Crippen molar-refractivity contribution in [2.24, 2.45) is 0 Å². The van der Waals surface area contributed by atoms with Crippen LogP contribution in [0.1, 0.15) is 10.4 Å². The smallest absolute Gasteiger partial charge is 0.255 e. The highest BCUT2D eigenvalue weighted by atomic mass is 35.5. The Labute approximate surface area is 183 Å². The molecular weight excluding hydrogens is 416 g/mol. The number of carbonyl (C=O) groups excluding carboxylic acids is 1. The van der Waals surface area contributed by atoms with E-state index in [1.807, 2.05) is 48.5 Å². The van der Waals surface area contributed by atoms with Crippen LogP contribution in [0.5, 0.6) is 0 Å². The fourth-order valence-electron chi connectivity index (χ4n) is 2.75. The van der Waals surface area contributed by atoms with Crippen molar-refractivity contribution in [2.45, 2.75) is 9.92 Å². The number of hydrogen-bond acceptors (Lipinski definition) is 5. The van der Waals surface area contributed by atoms with Gasteiger partial charge in [-0.1, -0.05) is 71.9 Å². The molecule has 0 unspecified atom stereocenters. The fourth-order valence-corrected chi connectivity index (χ4v) is 3.77. The number of rotatable bonds is 5. The number of nitrogens with one attached hydrogen (secondary N) is 1. The van der Waals surface area contributed by atoms with Crippen molar-refractivity contribution >= 4 is 40.8 Å². The summed E-state index contributed by atoms with van der Waals surface area (Å²) >= 11 is 7.38. The first kappa shape index (κ1) is 19.9. The number of amides is 1. The van der Waals surface area contributed by atoms with Gasteiger partial charge in [-0.15, -0.1) is 0 Å². The number of carbonyl (C=O) groups is 1. The molecule has 0 aliphatic heterocycles. The lowest BCUT2D eigenvalue weighted by Crippen LogP contribution is -2.15. The van der Waals surface area contributed by atoms with Crippen LogP contribution in [0.4, 0.5) is 11.5 Å². The Morgan fingerprint density at radius 3 is 2.17 bits per heavy atom. The van der Waals surface area contributed by atoms with Gasteiger partial charge in [0.25, 0.3) is 5.91 Å². The molecule has 1 amide bonds. The highest BCUT2D eigenvalue weighted by molar-refractivity contribution is 7.99. The van der Waals surface area contributed by atoms with Gasteiger partial charge in [-0.2, -0.15) is 0 Å². The second kappa shape index (κ2) is 8.98. The van der Waals surface area contributed by atoms with Crippen molar-refractivity contribution in [3.63, 3.8) is 0 Å². The van der Waals surface area contributed by atoms with Crippen molar-refractivity contribution in [1.29, 1.82) is 0 Å². The van der Waals surface area contributed by atoms with E-state index in [1.54, 1.807) is 36.4 Å². The summed E-state index contributed by atoms with van der Waals surface area (Å²) in [6, 6.07) is 25.9. The molecule has 3 aromatic carbocycles. The lowest BCUT2D eigenvalue weighted by atomic mass is 10.2. The monoisotopic (exact) mass is 432 g/mol. The molecule has 4 aromatic rings. The molecule has 148 valence electrons. The summed E-state index contributed by atoms with van der Waals surface area (Å²) in [6.45, 7) is 0. The molecule has 30 heavy (non-hydrogen) atoms. The Morgan fingerprint density at radius 1 is 0.867 bits per heavy atom. The maximum atomic E-state index is 12.7. The average Bonchev–Trinajstić information content (AvgIpc) is 2.78. The van der Waals surface area contributed by atoms with Crippen LogP contribution in [-0.4, -0.2) is 15.9 Å². The average molecular weight is 433 g/mol. The van der Waals surface area contributed by atoms with Crippen molar-refractivity contribution in [1.82, 2.24) is 9.97 Å². The minimum atomic E-state index is -0.281. The van der Waals surface area contributed by atoms with E-state index in [1.165, 1.54) is 11.8 Å². The first-order valence-electron chi connectivity index (χ1n) is 9.13. The van der Waals surface area contributed by atoms with Crippen molar-refractivity contribution in [3.05, 3.63) is 95.5 Å². The number of hydrogen-bond donors (Lipinski definition) is 2. The molecule has 0 radical (unpaired) electrons. The minimum absolute atomic E-state index is 0.199. The van der Waals surface area contributed by atoms with Gasteiger partial charge >= 0.3 is 0 Å². The normalized spacial score (nSPS) is 10.6. The molecule has 0 saturated carbocycles. The molecule has 0 fully saturated rings. The molecule has 0 spiro atoms. The summed E-state index contributed by atoms with van der Waals surface area (Å²) in [7, 11) is 0. The van der Waals surface area contributed by atoms with Crippen molar-refractivity contribution in [2.75, 3.05) is 11.1 Å². The maximum absolute atomic E-state index is 12.7. The van der Waals surface area contributed by atoms with Crippen LogP contribution in [0.2, 0.25) is 5.02 Å². The van der Waals surface area contributed by atoms with Gasteiger partial charge in [0.15, 0.2) is 11.6 Å². The molecule has 0 atom stereocenters. The number of benzene rings is 3. The van der Waals surface area contributed by atoms with E-state index in [9.17, 15) is 4.79 Å². The Bertz CT molecular complexity index is 1170. The molecule has 7 heteroatoms. The lowest BCUT2D eigenvalue weighted by Gasteiger charge is -2.14. The van der Waals surface area contributed by atoms with Crippen LogP contribution in [0.15, 0.2) is 94.9 Å². The Hall–Kier alpha value is -3.35. The van der Waals surface area contributed by atoms with E-state index >= 15 is 0 Å². The van der Waals surface area contributed by atoms with Crippen LogP contribution in [0, 0.1) is 0 Å². The van der Waals surface area contributed by atoms with Gasteiger partial charge in [0.1, 0.15) is 10.7 Å². The number of nitrogens with two attached hydrogens (primary N) is 1. The maximum Gasteiger partial charge on any atom is 0.255 e. The predicted octanol–water partition coefficient (Wildman–Crippen LogP) is 5.78. The first-order chi connectivity index (χ1) is 14.6. The molecule has 0 aliphatic carbocycles. The third-order valence-corrected chi connectivity index (χ3v) is 5.49. The van der Waals surface area contributed by atoms with Crippen LogP contribution >= 0.6 is 23.4 Å². The number of nitrogens with zero attached hydrogens (tertiary/aromatic N) is 2. The summed E-state index contributed by atoms with van der Waals surface area (Å²) in [5.74, 6) is 0.406. The third kappa shape index (κ3) is 4.62. The number of anilines is 2. The summed E-state index contributed by atoms with van der Waals surface area (Å²) in [4.78, 5) is 22.7. The van der Waals surface area contributed by atoms with Gasteiger partial charge in [-0.3, -0.25) is 4.79 Å².